The van der Waals surface area contributed by atoms with Gasteiger partial charge in [0.15, 0.2) is 5.13 Å². The first-order valence-electron chi connectivity index (χ1n) is 8.80. The van der Waals surface area contributed by atoms with Crippen molar-refractivity contribution in [2.75, 3.05) is 11.9 Å². The van der Waals surface area contributed by atoms with Gasteiger partial charge in [-0.3, -0.25) is 4.79 Å². The minimum Gasteiger partial charge on any atom is -0.508 e. The number of hydrogen-bond donors (Lipinski definition) is 3. The van der Waals surface area contributed by atoms with Crippen LogP contribution in [0.3, 0.4) is 0 Å². The van der Waals surface area contributed by atoms with Crippen molar-refractivity contribution in [1.29, 1.82) is 0 Å². The molecule has 28 heavy (non-hydrogen) atoms. The zero-order valence-electron chi connectivity index (χ0n) is 15.2. The fourth-order valence-electron chi connectivity index (χ4n) is 2.86. The number of anilines is 2. The summed E-state index contributed by atoms with van der Waals surface area (Å²) in [5.74, 6) is 0.752. The van der Waals surface area contributed by atoms with Crippen LogP contribution >= 0.6 is 11.3 Å². The quantitative estimate of drug-likeness (QED) is 0.467. The Kier molecular flexibility index (Phi) is 4.94. The summed E-state index contributed by atoms with van der Waals surface area (Å²) in [6.07, 6.45) is 2.25. The van der Waals surface area contributed by atoms with E-state index in [1.165, 1.54) is 11.3 Å². The molecule has 142 valence electrons. The largest absolute Gasteiger partial charge is 0.508 e. The maximum Gasteiger partial charge on any atom is 0.263 e. The van der Waals surface area contributed by atoms with Gasteiger partial charge in [0.05, 0.1) is 17.2 Å². The molecule has 0 saturated heterocycles. The number of aryl methyl sites for hydroxylation is 1. The fourth-order valence-corrected chi connectivity index (χ4v) is 3.59. The highest BCUT2D eigenvalue weighted by atomic mass is 32.1. The number of rotatable bonds is 6. The highest BCUT2D eigenvalue weighted by molar-refractivity contribution is 7.17. The van der Waals surface area contributed by atoms with E-state index in [1.54, 1.807) is 18.3 Å². The van der Waals surface area contributed by atoms with Crippen molar-refractivity contribution in [2.45, 2.75) is 6.42 Å². The number of hydrogen-bond acceptors (Lipinski definition) is 6. The minimum absolute atomic E-state index is 0.158. The minimum atomic E-state index is -0.158. The number of nitrogens with one attached hydrogen (secondary N) is 2. The Balaban J connectivity index is 1.37. The van der Waals surface area contributed by atoms with E-state index < -0.39 is 0 Å². The van der Waals surface area contributed by atoms with Crippen molar-refractivity contribution in [2.24, 2.45) is 7.05 Å². The fraction of sp³-hybridized carbons (Fsp3) is 0.150. The topological polar surface area (TPSA) is 92.1 Å². The Morgan fingerprint density at radius 2 is 1.96 bits per heavy atom. The molecule has 4 rings (SSSR count). The van der Waals surface area contributed by atoms with Gasteiger partial charge in [-0.05, 0) is 36.2 Å². The summed E-state index contributed by atoms with van der Waals surface area (Å²) in [4.78, 5) is 21.7. The molecule has 0 saturated carbocycles. The van der Waals surface area contributed by atoms with E-state index >= 15 is 0 Å². The van der Waals surface area contributed by atoms with E-state index in [1.807, 2.05) is 48.0 Å². The van der Waals surface area contributed by atoms with Crippen molar-refractivity contribution < 1.29 is 9.90 Å². The molecule has 0 bridgehead atoms. The van der Waals surface area contributed by atoms with E-state index in [0.717, 1.165) is 16.6 Å². The van der Waals surface area contributed by atoms with Crippen LogP contribution in [0.5, 0.6) is 5.75 Å². The molecule has 8 heteroatoms. The second-order valence-electron chi connectivity index (χ2n) is 6.31. The number of phenols is 1. The third-order valence-electron chi connectivity index (χ3n) is 4.37. The molecule has 1 amide bonds. The van der Waals surface area contributed by atoms with Crippen LogP contribution in [-0.4, -0.2) is 32.1 Å². The predicted octanol–water partition coefficient (Wildman–Crippen LogP) is 3.45. The normalized spacial score (nSPS) is 10.9. The second kappa shape index (κ2) is 7.69. The van der Waals surface area contributed by atoms with Gasteiger partial charge in [0.2, 0.25) is 5.95 Å². The van der Waals surface area contributed by atoms with Crippen LogP contribution in [0.4, 0.5) is 11.1 Å². The van der Waals surface area contributed by atoms with Crippen molar-refractivity contribution in [3.05, 3.63) is 65.2 Å². The van der Waals surface area contributed by atoms with E-state index in [-0.39, 0.29) is 11.7 Å². The van der Waals surface area contributed by atoms with Crippen LogP contribution in [-0.2, 0) is 13.5 Å². The Labute approximate surface area is 165 Å². The molecule has 4 aromatic rings. The maximum absolute atomic E-state index is 12.3. The number of imidazole rings is 1. The predicted molar refractivity (Wildman–Crippen MR) is 110 cm³/mol. The molecule has 2 heterocycles. The SMILES string of the molecule is Cn1c(Nc2ncc(C(=O)NCCc3ccc(O)cc3)s2)nc2ccccc21. The summed E-state index contributed by atoms with van der Waals surface area (Å²) >= 11 is 1.28. The smallest absolute Gasteiger partial charge is 0.263 e. The number of thiazole rings is 1. The molecule has 2 aromatic heterocycles. The lowest BCUT2D eigenvalue weighted by Crippen LogP contribution is -2.24. The third kappa shape index (κ3) is 3.81. The Morgan fingerprint density at radius 1 is 1.18 bits per heavy atom. The van der Waals surface area contributed by atoms with Gasteiger partial charge in [0.1, 0.15) is 10.6 Å². The molecule has 0 radical (unpaired) electrons. The number of para-hydroxylation sites is 2. The van der Waals surface area contributed by atoms with Crippen molar-refractivity contribution >= 4 is 39.4 Å². The molecule has 0 aliphatic heterocycles. The summed E-state index contributed by atoms with van der Waals surface area (Å²) < 4.78 is 1.95. The van der Waals surface area contributed by atoms with Gasteiger partial charge in [-0.15, -0.1) is 0 Å². The van der Waals surface area contributed by atoms with Gasteiger partial charge in [0.25, 0.3) is 5.91 Å². The van der Waals surface area contributed by atoms with E-state index in [2.05, 4.69) is 20.6 Å². The van der Waals surface area contributed by atoms with Crippen molar-refractivity contribution in [3.8, 4) is 5.75 Å². The van der Waals surface area contributed by atoms with Crippen LogP contribution in [0.25, 0.3) is 11.0 Å². The average molecular weight is 393 g/mol. The molecule has 0 fully saturated rings. The molecule has 0 aliphatic rings. The Morgan fingerprint density at radius 3 is 2.75 bits per heavy atom. The number of nitrogens with zero attached hydrogens (tertiary/aromatic N) is 3. The number of benzene rings is 2. The third-order valence-corrected chi connectivity index (χ3v) is 5.28. The Bertz CT molecular complexity index is 1120. The van der Waals surface area contributed by atoms with Crippen LogP contribution in [0.2, 0.25) is 0 Å². The molecular weight excluding hydrogens is 374 g/mol. The zero-order valence-corrected chi connectivity index (χ0v) is 16.0. The highest BCUT2D eigenvalue weighted by Crippen LogP contribution is 2.24. The molecule has 0 atom stereocenters. The van der Waals surface area contributed by atoms with Gasteiger partial charge in [-0.25, -0.2) is 9.97 Å². The maximum atomic E-state index is 12.3. The summed E-state index contributed by atoms with van der Waals surface area (Å²) in [6.45, 7) is 0.509. The first kappa shape index (κ1) is 18.0. The molecule has 0 spiro atoms. The first-order valence-corrected chi connectivity index (χ1v) is 9.62. The summed E-state index contributed by atoms with van der Waals surface area (Å²) in [5, 5.41) is 16.0. The molecule has 7 nitrogen and oxygen atoms in total. The first-order chi connectivity index (χ1) is 13.6. The molecule has 0 aliphatic carbocycles. The van der Waals surface area contributed by atoms with E-state index in [0.29, 0.717) is 28.9 Å². The highest BCUT2D eigenvalue weighted by Gasteiger charge is 2.13. The number of carbonyl (C=O) groups excluding carboxylic acids is 1. The van der Waals surface area contributed by atoms with Crippen LogP contribution < -0.4 is 10.6 Å². The summed E-state index contributed by atoms with van der Waals surface area (Å²) in [7, 11) is 1.93. The van der Waals surface area contributed by atoms with Crippen LogP contribution in [0.1, 0.15) is 15.2 Å². The average Bonchev–Trinajstić information content (AvgIpc) is 3.29. The number of aromatic hydroxyl groups is 1. The number of carbonyl (C=O) groups is 1. The lowest BCUT2D eigenvalue weighted by atomic mass is 10.1. The summed E-state index contributed by atoms with van der Waals surface area (Å²) in [6, 6.07) is 14.8. The van der Waals surface area contributed by atoms with Gasteiger partial charge in [0, 0.05) is 13.6 Å². The molecule has 2 aromatic carbocycles. The van der Waals surface area contributed by atoms with Gasteiger partial charge in [-0.2, -0.15) is 0 Å². The van der Waals surface area contributed by atoms with Crippen LogP contribution in [0.15, 0.2) is 54.7 Å². The monoisotopic (exact) mass is 393 g/mol. The second-order valence-corrected chi connectivity index (χ2v) is 7.34. The van der Waals surface area contributed by atoms with E-state index in [4.69, 9.17) is 0 Å². The van der Waals surface area contributed by atoms with Gasteiger partial charge >= 0.3 is 0 Å². The number of phenolic OH excluding ortho intramolecular Hbond substituents is 1. The standard InChI is InChI=1S/C20H19N5O2S/c1-25-16-5-3-2-4-15(16)23-19(25)24-20-22-12-17(28-20)18(27)21-11-10-13-6-8-14(26)9-7-13/h2-9,12,26H,10-11H2,1H3,(H,21,27)(H,22,23,24). The van der Waals surface area contributed by atoms with Crippen molar-refractivity contribution in [1.82, 2.24) is 19.9 Å². The lowest BCUT2D eigenvalue weighted by Gasteiger charge is -2.04. The molecule has 0 unspecified atom stereocenters. The number of aromatic nitrogens is 3. The van der Waals surface area contributed by atoms with Crippen LogP contribution in [0, 0.1) is 0 Å². The zero-order chi connectivity index (χ0) is 19.5. The Hall–Kier alpha value is -3.39. The lowest BCUT2D eigenvalue weighted by molar-refractivity contribution is 0.0958. The number of amides is 1. The van der Waals surface area contributed by atoms with E-state index in [9.17, 15) is 9.90 Å². The van der Waals surface area contributed by atoms with Gasteiger partial charge < -0.3 is 20.3 Å². The number of fused-ring (bicyclic) bond motifs is 1. The molecular formula is C20H19N5O2S. The van der Waals surface area contributed by atoms with Crippen molar-refractivity contribution in [3.63, 3.8) is 0 Å². The molecule has 3 N–H and O–H groups in total. The van der Waals surface area contributed by atoms with Gasteiger partial charge in [-0.1, -0.05) is 35.6 Å². The summed E-state index contributed by atoms with van der Waals surface area (Å²) in [5.41, 5.74) is 2.97.